The molecule has 25 heavy (non-hydrogen) atoms. The molecule has 2 aromatic carbocycles. The fraction of sp³-hybridized carbons (Fsp3) is 0.176. The summed E-state index contributed by atoms with van der Waals surface area (Å²) < 4.78 is 27.7. The number of nitrogens with one attached hydrogen (secondary N) is 2. The quantitative estimate of drug-likeness (QED) is 0.799. The average Bonchev–Trinajstić information content (AvgIpc) is 2.55. The summed E-state index contributed by atoms with van der Waals surface area (Å²) in [6.07, 6.45) is 0.793. The summed E-state index contributed by atoms with van der Waals surface area (Å²) in [6, 6.07) is 8.91. The van der Waals surface area contributed by atoms with Gasteiger partial charge in [-0.1, -0.05) is 11.6 Å². The van der Waals surface area contributed by atoms with Crippen molar-refractivity contribution in [1.29, 1.82) is 0 Å². The Labute approximate surface area is 150 Å². The second kappa shape index (κ2) is 6.50. The summed E-state index contributed by atoms with van der Waals surface area (Å²) in [5, 5.41) is 2.90. The largest absolute Gasteiger partial charge is 0.326 e. The van der Waals surface area contributed by atoms with E-state index in [1.54, 1.807) is 6.07 Å². The lowest BCUT2D eigenvalue weighted by molar-refractivity contribution is -0.116. The molecule has 2 aromatic rings. The second-order valence-corrected chi connectivity index (χ2v) is 7.81. The van der Waals surface area contributed by atoms with Gasteiger partial charge in [-0.3, -0.25) is 14.3 Å². The smallest absolute Gasteiger partial charge is 0.261 e. The van der Waals surface area contributed by atoms with Crippen LogP contribution in [0.3, 0.4) is 0 Å². The number of fused-ring (bicyclic) bond motifs is 1. The molecule has 8 heteroatoms. The maximum absolute atomic E-state index is 12.6. The Hall–Kier alpha value is -2.38. The molecular weight excluding hydrogens is 364 g/mol. The van der Waals surface area contributed by atoms with Crippen LogP contribution in [0.4, 0.5) is 11.4 Å². The van der Waals surface area contributed by atoms with Crippen LogP contribution in [0.2, 0.25) is 5.02 Å². The first-order chi connectivity index (χ1) is 11.8. The van der Waals surface area contributed by atoms with Gasteiger partial charge in [0.15, 0.2) is 5.78 Å². The third-order valence-electron chi connectivity index (χ3n) is 3.90. The Bertz CT molecular complexity index is 986. The molecule has 1 heterocycles. The minimum absolute atomic E-state index is 0.0618. The number of halogens is 1. The van der Waals surface area contributed by atoms with Crippen molar-refractivity contribution in [3.8, 4) is 0 Å². The number of aryl methyl sites for hydroxylation is 1. The molecule has 1 aliphatic heterocycles. The van der Waals surface area contributed by atoms with Crippen LogP contribution in [-0.4, -0.2) is 20.1 Å². The van der Waals surface area contributed by atoms with Gasteiger partial charge in [-0.25, -0.2) is 8.42 Å². The van der Waals surface area contributed by atoms with Gasteiger partial charge >= 0.3 is 0 Å². The van der Waals surface area contributed by atoms with Gasteiger partial charge in [0.1, 0.15) is 0 Å². The van der Waals surface area contributed by atoms with E-state index in [1.165, 1.54) is 37.3 Å². The zero-order valence-electron chi connectivity index (χ0n) is 13.3. The number of carbonyl (C=O) groups is 2. The molecule has 0 spiro atoms. The zero-order valence-corrected chi connectivity index (χ0v) is 14.9. The molecule has 0 aliphatic carbocycles. The lowest BCUT2D eigenvalue weighted by Crippen LogP contribution is -2.20. The Morgan fingerprint density at radius 1 is 1.16 bits per heavy atom. The van der Waals surface area contributed by atoms with Gasteiger partial charge in [0.25, 0.3) is 10.0 Å². The monoisotopic (exact) mass is 378 g/mol. The van der Waals surface area contributed by atoms with Gasteiger partial charge in [0.2, 0.25) is 5.91 Å². The molecule has 2 N–H and O–H groups in total. The van der Waals surface area contributed by atoms with E-state index in [4.69, 9.17) is 11.6 Å². The van der Waals surface area contributed by atoms with Crippen molar-refractivity contribution in [2.75, 3.05) is 10.0 Å². The standard InChI is InChI=1S/C17H15ClN2O4S/c1-10(21)11-2-5-14(18)16(9-11)20-25(23,24)13-4-6-15-12(8-13)3-7-17(22)19-15/h2,4-6,8-9,20H,3,7H2,1H3,(H,19,22). The first-order valence-electron chi connectivity index (χ1n) is 7.52. The predicted octanol–water partition coefficient (Wildman–Crippen LogP) is 3.23. The molecule has 0 aromatic heterocycles. The Kier molecular flexibility index (Phi) is 4.53. The number of ketones is 1. The van der Waals surface area contributed by atoms with E-state index >= 15 is 0 Å². The van der Waals surface area contributed by atoms with Gasteiger partial charge in [-0.05, 0) is 55.3 Å². The van der Waals surface area contributed by atoms with Crippen molar-refractivity contribution in [3.63, 3.8) is 0 Å². The number of rotatable bonds is 4. The van der Waals surface area contributed by atoms with Crippen LogP contribution in [0.5, 0.6) is 0 Å². The van der Waals surface area contributed by atoms with E-state index < -0.39 is 10.0 Å². The van der Waals surface area contributed by atoms with Crippen LogP contribution in [-0.2, 0) is 21.2 Å². The molecule has 130 valence electrons. The lowest BCUT2D eigenvalue weighted by Gasteiger charge is -2.18. The SMILES string of the molecule is CC(=O)c1ccc(Cl)c(NS(=O)(=O)c2ccc3c(c2)CCC(=O)N3)c1. The third kappa shape index (κ3) is 3.67. The Balaban J connectivity index is 1.94. The summed E-state index contributed by atoms with van der Waals surface area (Å²) in [7, 11) is -3.88. The third-order valence-corrected chi connectivity index (χ3v) is 5.59. The summed E-state index contributed by atoms with van der Waals surface area (Å²) in [6.45, 7) is 1.39. The maximum atomic E-state index is 12.6. The molecule has 0 unspecified atom stereocenters. The number of hydrogen-bond acceptors (Lipinski definition) is 4. The van der Waals surface area contributed by atoms with E-state index in [2.05, 4.69) is 10.0 Å². The number of Topliss-reactive ketones (excluding diaryl/α,β-unsaturated/α-hetero) is 1. The summed E-state index contributed by atoms with van der Waals surface area (Å²) >= 11 is 6.04. The first-order valence-corrected chi connectivity index (χ1v) is 9.38. The van der Waals surface area contributed by atoms with Crippen LogP contribution >= 0.6 is 11.6 Å². The molecular formula is C17H15ClN2O4S. The van der Waals surface area contributed by atoms with E-state index in [0.717, 1.165) is 5.56 Å². The molecule has 0 radical (unpaired) electrons. The summed E-state index contributed by atoms with van der Waals surface area (Å²) in [4.78, 5) is 22.9. The Morgan fingerprint density at radius 3 is 2.64 bits per heavy atom. The van der Waals surface area contributed by atoms with Crippen molar-refractivity contribution in [2.24, 2.45) is 0 Å². The highest BCUT2D eigenvalue weighted by Gasteiger charge is 2.21. The van der Waals surface area contributed by atoms with Crippen molar-refractivity contribution >= 4 is 44.7 Å². The molecule has 0 saturated heterocycles. The van der Waals surface area contributed by atoms with E-state index in [9.17, 15) is 18.0 Å². The summed E-state index contributed by atoms with van der Waals surface area (Å²) in [5.41, 5.74) is 1.87. The molecule has 0 atom stereocenters. The number of anilines is 2. The number of carbonyl (C=O) groups excluding carboxylic acids is 2. The molecule has 0 fully saturated rings. The highest BCUT2D eigenvalue weighted by Crippen LogP contribution is 2.29. The van der Waals surface area contributed by atoms with Crippen molar-refractivity contribution in [1.82, 2.24) is 0 Å². The fourth-order valence-corrected chi connectivity index (χ4v) is 3.89. The molecule has 0 bridgehead atoms. The topological polar surface area (TPSA) is 92.3 Å². The average molecular weight is 379 g/mol. The van der Waals surface area contributed by atoms with E-state index in [0.29, 0.717) is 24.1 Å². The lowest BCUT2D eigenvalue weighted by atomic mass is 10.0. The van der Waals surface area contributed by atoms with Crippen LogP contribution in [0.15, 0.2) is 41.3 Å². The maximum Gasteiger partial charge on any atom is 0.261 e. The minimum Gasteiger partial charge on any atom is -0.326 e. The van der Waals surface area contributed by atoms with Crippen LogP contribution in [0, 0.1) is 0 Å². The van der Waals surface area contributed by atoms with E-state index in [-0.39, 0.29) is 27.3 Å². The fourth-order valence-electron chi connectivity index (χ4n) is 2.55. The Morgan fingerprint density at radius 2 is 1.92 bits per heavy atom. The van der Waals surface area contributed by atoms with Gasteiger partial charge in [0, 0.05) is 17.7 Å². The van der Waals surface area contributed by atoms with Crippen molar-refractivity contribution in [3.05, 3.63) is 52.5 Å². The molecule has 3 rings (SSSR count). The number of benzene rings is 2. The minimum atomic E-state index is -3.88. The van der Waals surface area contributed by atoms with Gasteiger partial charge in [0.05, 0.1) is 15.6 Å². The number of sulfonamides is 1. The predicted molar refractivity (Wildman–Crippen MR) is 95.7 cm³/mol. The van der Waals surface area contributed by atoms with Crippen molar-refractivity contribution in [2.45, 2.75) is 24.7 Å². The molecule has 1 amide bonds. The van der Waals surface area contributed by atoms with Crippen LogP contribution in [0.25, 0.3) is 0 Å². The summed E-state index contributed by atoms with van der Waals surface area (Å²) in [5.74, 6) is -0.282. The van der Waals surface area contributed by atoms with Crippen LogP contribution in [0.1, 0.15) is 29.3 Å². The molecule has 0 saturated carbocycles. The second-order valence-electron chi connectivity index (χ2n) is 5.72. The van der Waals surface area contributed by atoms with Crippen molar-refractivity contribution < 1.29 is 18.0 Å². The van der Waals surface area contributed by atoms with Gasteiger partial charge < -0.3 is 5.32 Å². The molecule has 6 nitrogen and oxygen atoms in total. The number of amides is 1. The van der Waals surface area contributed by atoms with Gasteiger partial charge in [-0.15, -0.1) is 0 Å². The van der Waals surface area contributed by atoms with Gasteiger partial charge in [-0.2, -0.15) is 0 Å². The first kappa shape index (κ1) is 17.4. The molecule has 1 aliphatic rings. The highest BCUT2D eigenvalue weighted by atomic mass is 35.5. The highest BCUT2D eigenvalue weighted by molar-refractivity contribution is 7.92. The van der Waals surface area contributed by atoms with E-state index in [1.807, 2.05) is 0 Å². The number of hydrogen-bond donors (Lipinski definition) is 2. The normalized spacial score (nSPS) is 13.8. The van der Waals surface area contributed by atoms with Crippen LogP contribution < -0.4 is 10.0 Å². The zero-order chi connectivity index (χ0) is 18.2.